The summed E-state index contributed by atoms with van der Waals surface area (Å²) in [5.74, 6) is -0.362. The Labute approximate surface area is 125 Å². The number of benzene rings is 1. The first kappa shape index (κ1) is 15.7. The number of carbonyl (C=O) groups excluding carboxylic acids is 1. The maximum Gasteiger partial charge on any atom is 0.343 e. The van der Waals surface area contributed by atoms with Crippen LogP contribution in [-0.4, -0.2) is 17.5 Å². The fraction of sp³-hybridized carbons (Fsp3) is 0.333. The normalized spacial score (nSPS) is 10.9. The summed E-state index contributed by atoms with van der Waals surface area (Å²) in [6.45, 7) is 4.04. The van der Waals surface area contributed by atoms with E-state index in [4.69, 9.17) is 9.15 Å². The summed E-state index contributed by atoms with van der Waals surface area (Å²) >= 11 is 0. The van der Waals surface area contributed by atoms with Crippen molar-refractivity contribution in [2.45, 2.75) is 20.3 Å². The zero-order valence-corrected chi connectivity index (χ0v) is 12.2. The number of esters is 1. The molecule has 1 heterocycles. The van der Waals surface area contributed by atoms with Gasteiger partial charge in [0.25, 0.3) is 5.69 Å². The number of nitro benzene ring substituents is 1. The van der Waals surface area contributed by atoms with Crippen LogP contribution in [0.15, 0.2) is 33.7 Å². The van der Waals surface area contributed by atoms with Crippen LogP contribution in [0.5, 0.6) is 0 Å². The lowest BCUT2D eigenvalue weighted by Gasteiger charge is -2.08. The molecule has 0 aliphatic heterocycles. The SMILES string of the molecule is CC(C)COC(=O)Cc1ccc2c(=O)occc2c1[N+](=O)[O-]. The molecular formula is C15H15NO6. The number of nitrogens with zero attached hydrogens (tertiary/aromatic N) is 1. The number of carbonyl (C=O) groups is 1. The Kier molecular flexibility index (Phi) is 4.55. The van der Waals surface area contributed by atoms with Gasteiger partial charge in [-0.05, 0) is 18.1 Å². The van der Waals surface area contributed by atoms with Crippen LogP contribution in [0.1, 0.15) is 19.4 Å². The van der Waals surface area contributed by atoms with E-state index in [1.54, 1.807) is 0 Å². The molecule has 22 heavy (non-hydrogen) atoms. The molecule has 0 aliphatic carbocycles. The van der Waals surface area contributed by atoms with E-state index in [9.17, 15) is 19.7 Å². The van der Waals surface area contributed by atoms with Crippen LogP contribution in [0.3, 0.4) is 0 Å². The van der Waals surface area contributed by atoms with Gasteiger partial charge in [-0.15, -0.1) is 0 Å². The Bertz CT molecular complexity index is 777. The van der Waals surface area contributed by atoms with Crippen molar-refractivity contribution >= 4 is 22.4 Å². The minimum atomic E-state index is -0.658. The van der Waals surface area contributed by atoms with E-state index >= 15 is 0 Å². The van der Waals surface area contributed by atoms with E-state index < -0.39 is 16.5 Å². The molecule has 0 atom stereocenters. The highest BCUT2D eigenvalue weighted by molar-refractivity contribution is 5.92. The molecule has 0 bridgehead atoms. The van der Waals surface area contributed by atoms with Crippen LogP contribution in [-0.2, 0) is 16.0 Å². The van der Waals surface area contributed by atoms with Crippen LogP contribution in [0.25, 0.3) is 10.8 Å². The molecule has 2 rings (SSSR count). The smallest absolute Gasteiger partial charge is 0.343 e. The molecule has 7 nitrogen and oxygen atoms in total. The molecule has 0 aliphatic rings. The minimum Gasteiger partial charge on any atom is -0.465 e. The Hall–Kier alpha value is -2.70. The molecule has 0 radical (unpaired) electrons. The lowest BCUT2D eigenvalue weighted by atomic mass is 10.0. The van der Waals surface area contributed by atoms with Crippen molar-refractivity contribution in [1.82, 2.24) is 0 Å². The molecule has 0 N–H and O–H groups in total. The van der Waals surface area contributed by atoms with E-state index in [-0.39, 0.29) is 41.0 Å². The third kappa shape index (κ3) is 3.30. The predicted molar refractivity (Wildman–Crippen MR) is 78.6 cm³/mol. The standard InChI is InChI=1S/C15H15NO6/c1-9(2)8-22-13(17)7-10-3-4-12-11(14(10)16(19)20)5-6-21-15(12)18/h3-6,9H,7-8H2,1-2H3. The van der Waals surface area contributed by atoms with Crippen molar-refractivity contribution in [2.24, 2.45) is 5.92 Å². The fourth-order valence-electron chi connectivity index (χ4n) is 2.05. The topological polar surface area (TPSA) is 99.7 Å². The van der Waals surface area contributed by atoms with Crippen molar-refractivity contribution in [3.05, 3.63) is 50.6 Å². The Morgan fingerprint density at radius 2 is 2.05 bits per heavy atom. The van der Waals surface area contributed by atoms with Gasteiger partial charge in [-0.1, -0.05) is 19.9 Å². The van der Waals surface area contributed by atoms with Crippen LogP contribution in [0.4, 0.5) is 5.69 Å². The highest BCUT2D eigenvalue weighted by Crippen LogP contribution is 2.28. The average Bonchev–Trinajstić information content (AvgIpc) is 2.44. The van der Waals surface area contributed by atoms with Crippen molar-refractivity contribution in [3.63, 3.8) is 0 Å². The van der Waals surface area contributed by atoms with Gasteiger partial charge in [0.2, 0.25) is 0 Å². The quantitative estimate of drug-likeness (QED) is 0.478. The molecule has 116 valence electrons. The van der Waals surface area contributed by atoms with Crippen LogP contribution < -0.4 is 5.63 Å². The van der Waals surface area contributed by atoms with Crippen molar-refractivity contribution in [1.29, 1.82) is 0 Å². The Morgan fingerprint density at radius 1 is 1.32 bits per heavy atom. The summed E-state index contributed by atoms with van der Waals surface area (Å²) < 4.78 is 9.73. The van der Waals surface area contributed by atoms with Gasteiger partial charge in [-0.3, -0.25) is 14.9 Å². The maximum absolute atomic E-state index is 11.8. The first-order valence-corrected chi connectivity index (χ1v) is 6.73. The largest absolute Gasteiger partial charge is 0.465 e. The lowest BCUT2D eigenvalue weighted by molar-refractivity contribution is -0.383. The third-order valence-electron chi connectivity index (χ3n) is 3.03. The number of ether oxygens (including phenoxy) is 1. The van der Waals surface area contributed by atoms with E-state index in [0.717, 1.165) is 6.26 Å². The highest BCUT2D eigenvalue weighted by atomic mass is 16.6. The molecule has 7 heteroatoms. The third-order valence-corrected chi connectivity index (χ3v) is 3.03. The van der Waals surface area contributed by atoms with E-state index in [0.29, 0.717) is 0 Å². The number of nitro groups is 1. The van der Waals surface area contributed by atoms with Gasteiger partial charge in [0.15, 0.2) is 0 Å². The van der Waals surface area contributed by atoms with Crippen LogP contribution >= 0.6 is 0 Å². The summed E-state index contributed by atoms with van der Waals surface area (Å²) in [6.07, 6.45) is 0.873. The molecular weight excluding hydrogens is 290 g/mol. The molecule has 2 aromatic rings. The van der Waals surface area contributed by atoms with Gasteiger partial charge in [-0.25, -0.2) is 4.79 Å². The molecule has 0 saturated carbocycles. The molecule has 0 amide bonds. The number of hydrogen-bond donors (Lipinski definition) is 0. The van der Waals surface area contributed by atoms with Crippen molar-refractivity contribution in [3.8, 4) is 0 Å². The van der Waals surface area contributed by atoms with Crippen LogP contribution in [0, 0.1) is 16.0 Å². The lowest BCUT2D eigenvalue weighted by Crippen LogP contribution is -2.13. The summed E-state index contributed by atoms with van der Waals surface area (Å²) in [5, 5.41) is 11.6. The van der Waals surface area contributed by atoms with Gasteiger partial charge in [0.05, 0.1) is 35.0 Å². The zero-order chi connectivity index (χ0) is 16.3. The number of rotatable bonds is 5. The van der Waals surface area contributed by atoms with Gasteiger partial charge < -0.3 is 9.15 Å². The first-order chi connectivity index (χ1) is 10.4. The first-order valence-electron chi connectivity index (χ1n) is 6.73. The summed E-state index contributed by atoms with van der Waals surface area (Å²) in [6, 6.07) is 4.14. The summed E-state index contributed by atoms with van der Waals surface area (Å²) in [4.78, 5) is 34.1. The zero-order valence-electron chi connectivity index (χ0n) is 12.2. The highest BCUT2D eigenvalue weighted by Gasteiger charge is 2.22. The van der Waals surface area contributed by atoms with E-state index in [1.807, 2.05) is 13.8 Å². The van der Waals surface area contributed by atoms with Gasteiger partial charge in [0.1, 0.15) is 0 Å². The maximum atomic E-state index is 11.8. The molecule has 0 spiro atoms. The van der Waals surface area contributed by atoms with Gasteiger partial charge >= 0.3 is 11.6 Å². The predicted octanol–water partition coefficient (Wildman–Crippen LogP) is 2.44. The number of hydrogen-bond acceptors (Lipinski definition) is 6. The molecule has 1 aromatic carbocycles. The monoisotopic (exact) mass is 305 g/mol. The summed E-state index contributed by atoms with van der Waals surface area (Å²) in [5.41, 5.74) is -0.724. The van der Waals surface area contributed by atoms with Gasteiger partial charge in [-0.2, -0.15) is 0 Å². The summed E-state index contributed by atoms with van der Waals surface area (Å²) in [7, 11) is 0. The minimum absolute atomic E-state index is 0.105. The van der Waals surface area contributed by atoms with Crippen molar-refractivity contribution < 1.29 is 18.9 Å². The molecule has 0 unspecified atom stereocenters. The van der Waals surface area contributed by atoms with Crippen LogP contribution in [0.2, 0.25) is 0 Å². The average molecular weight is 305 g/mol. The molecule has 1 aromatic heterocycles. The Morgan fingerprint density at radius 3 is 2.68 bits per heavy atom. The number of fused-ring (bicyclic) bond motifs is 1. The van der Waals surface area contributed by atoms with E-state index in [1.165, 1.54) is 18.2 Å². The van der Waals surface area contributed by atoms with Crippen molar-refractivity contribution in [2.75, 3.05) is 6.61 Å². The van der Waals surface area contributed by atoms with E-state index in [2.05, 4.69) is 0 Å². The second-order valence-corrected chi connectivity index (χ2v) is 5.25. The fourth-order valence-corrected chi connectivity index (χ4v) is 2.05. The Balaban J connectivity index is 2.42. The second-order valence-electron chi connectivity index (χ2n) is 5.25. The molecule has 0 fully saturated rings. The second kappa shape index (κ2) is 6.38. The molecule has 0 saturated heterocycles. The van der Waals surface area contributed by atoms with Gasteiger partial charge in [0, 0.05) is 5.56 Å².